The highest BCUT2D eigenvalue weighted by molar-refractivity contribution is 5.79. The monoisotopic (exact) mass is 524 g/mol. The van der Waals surface area contributed by atoms with E-state index in [-0.39, 0.29) is 30.9 Å². The standard InChI is InChI=1S/C32H60O5/c1-4-6-8-10-12-14-16-18-20-22-24-26-32(35)37-28-30(29(3)33)27-36-31(34)25-23-21-19-17-15-13-11-9-7-5-2/h30H,4-28H2,1-3H3. The van der Waals surface area contributed by atoms with E-state index >= 15 is 0 Å². The Kier molecular flexibility index (Phi) is 26.6. The minimum Gasteiger partial charge on any atom is -0.465 e. The van der Waals surface area contributed by atoms with Crippen LogP contribution in [0.15, 0.2) is 0 Å². The molecule has 218 valence electrons. The van der Waals surface area contributed by atoms with Gasteiger partial charge in [-0.05, 0) is 19.8 Å². The van der Waals surface area contributed by atoms with Crippen LogP contribution in [0.3, 0.4) is 0 Å². The smallest absolute Gasteiger partial charge is 0.305 e. The third-order valence-corrected chi connectivity index (χ3v) is 7.18. The minimum absolute atomic E-state index is 0.00225. The maximum atomic E-state index is 12.0. The lowest BCUT2D eigenvalue weighted by atomic mass is 10.1. The van der Waals surface area contributed by atoms with E-state index in [9.17, 15) is 14.4 Å². The van der Waals surface area contributed by atoms with E-state index in [0.29, 0.717) is 12.8 Å². The summed E-state index contributed by atoms with van der Waals surface area (Å²) in [5.41, 5.74) is 0. The van der Waals surface area contributed by atoms with Crippen molar-refractivity contribution in [2.75, 3.05) is 13.2 Å². The van der Waals surface area contributed by atoms with E-state index in [1.54, 1.807) is 0 Å². The first-order valence-corrected chi connectivity index (χ1v) is 15.8. The first kappa shape index (κ1) is 35.6. The molecule has 0 fully saturated rings. The van der Waals surface area contributed by atoms with Crippen LogP contribution in [0.5, 0.6) is 0 Å². The summed E-state index contributed by atoms with van der Waals surface area (Å²) in [6.45, 7) is 5.93. The third kappa shape index (κ3) is 26.0. The predicted octanol–water partition coefficient (Wildman–Crippen LogP) is 9.29. The van der Waals surface area contributed by atoms with Crippen molar-refractivity contribution < 1.29 is 23.9 Å². The average Bonchev–Trinajstić information content (AvgIpc) is 2.88. The van der Waals surface area contributed by atoms with Gasteiger partial charge in [-0.1, -0.05) is 136 Å². The molecule has 0 amide bonds. The second-order valence-electron chi connectivity index (χ2n) is 10.9. The van der Waals surface area contributed by atoms with Gasteiger partial charge in [0, 0.05) is 12.8 Å². The Morgan fingerprint density at radius 2 is 0.730 bits per heavy atom. The lowest BCUT2D eigenvalue weighted by Crippen LogP contribution is -2.26. The Hall–Kier alpha value is -1.39. The Labute approximate surface area is 229 Å². The first-order valence-electron chi connectivity index (χ1n) is 15.8. The SMILES string of the molecule is CCCCCCCCCCCCCC(=O)OCC(COC(=O)CCCCCCCCCCCC)C(C)=O. The Balaban J connectivity index is 3.70. The molecule has 1 atom stereocenters. The van der Waals surface area contributed by atoms with E-state index < -0.39 is 5.92 Å². The number of carbonyl (C=O) groups is 3. The van der Waals surface area contributed by atoms with Gasteiger partial charge in [0.1, 0.15) is 19.0 Å². The van der Waals surface area contributed by atoms with Crippen molar-refractivity contribution in [1.82, 2.24) is 0 Å². The third-order valence-electron chi connectivity index (χ3n) is 7.18. The number of hydrogen-bond acceptors (Lipinski definition) is 5. The molecule has 0 N–H and O–H groups in total. The maximum absolute atomic E-state index is 12.0. The molecule has 0 aromatic rings. The number of ether oxygens (including phenoxy) is 2. The molecular weight excluding hydrogens is 464 g/mol. The zero-order valence-corrected chi connectivity index (χ0v) is 24.8. The van der Waals surface area contributed by atoms with Gasteiger partial charge in [-0.3, -0.25) is 14.4 Å². The fourth-order valence-corrected chi connectivity index (χ4v) is 4.50. The molecule has 0 bridgehead atoms. The number of rotatable bonds is 28. The highest BCUT2D eigenvalue weighted by Gasteiger charge is 2.19. The van der Waals surface area contributed by atoms with Crippen molar-refractivity contribution in [2.24, 2.45) is 5.92 Å². The molecule has 0 aliphatic rings. The van der Waals surface area contributed by atoms with Gasteiger partial charge in [0.25, 0.3) is 0 Å². The summed E-state index contributed by atoms with van der Waals surface area (Å²) < 4.78 is 10.6. The Morgan fingerprint density at radius 3 is 1.00 bits per heavy atom. The van der Waals surface area contributed by atoms with Crippen molar-refractivity contribution in [1.29, 1.82) is 0 Å². The van der Waals surface area contributed by atoms with Crippen molar-refractivity contribution in [3.63, 3.8) is 0 Å². The van der Waals surface area contributed by atoms with Crippen molar-refractivity contribution in [3.05, 3.63) is 0 Å². The summed E-state index contributed by atoms with van der Waals surface area (Å²) >= 11 is 0. The fraction of sp³-hybridized carbons (Fsp3) is 0.906. The van der Waals surface area contributed by atoms with Gasteiger partial charge < -0.3 is 9.47 Å². The van der Waals surface area contributed by atoms with Gasteiger partial charge in [0.15, 0.2) is 0 Å². The number of esters is 2. The molecule has 0 aliphatic carbocycles. The van der Waals surface area contributed by atoms with Crippen LogP contribution in [-0.4, -0.2) is 30.9 Å². The molecule has 0 aromatic carbocycles. The molecule has 0 saturated heterocycles. The van der Waals surface area contributed by atoms with Crippen LogP contribution in [0.1, 0.15) is 168 Å². The number of carbonyl (C=O) groups excluding carboxylic acids is 3. The van der Waals surface area contributed by atoms with Crippen LogP contribution in [0.25, 0.3) is 0 Å². The second kappa shape index (κ2) is 27.6. The number of ketones is 1. The van der Waals surface area contributed by atoms with E-state index in [0.717, 1.165) is 38.5 Å². The molecule has 0 aliphatic heterocycles. The molecule has 5 nitrogen and oxygen atoms in total. The molecule has 0 aromatic heterocycles. The molecule has 5 heteroatoms. The summed E-state index contributed by atoms with van der Waals surface area (Å²) in [5, 5.41) is 0. The van der Waals surface area contributed by atoms with Gasteiger partial charge in [-0.25, -0.2) is 0 Å². The highest BCUT2D eigenvalue weighted by Crippen LogP contribution is 2.14. The summed E-state index contributed by atoms with van der Waals surface area (Å²) in [6.07, 6.45) is 26.5. The summed E-state index contributed by atoms with van der Waals surface area (Å²) in [6, 6.07) is 0. The number of Topliss-reactive ketones (excluding diaryl/α,β-unsaturated/α-hetero) is 1. The normalized spacial score (nSPS) is 11.9. The molecular formula is C32H60O5. The lowest BCUT2D eigenvalue weighted by Gasteiger charge is -2.14. The van der Waals surface area contributed by atoms with Gasteiger partial charge in [-0.15, -0.1) is 0 Å². The molecule has 1 unspecified atom stereocenters. The largest absolute Gasteiger partial charge is 0.465 e. The van der Waals surface area contributed by atoms with Gasteiger partial charge in [0.2, 0.25) is 0 Å². The maximum Gasteiger partial charge on any atom is 0.305 e. The van der Waals surface area contributed by atoms with Crippen molar-refractivity contribution in [2.45, 2.75) is 168 Å². The summed E-state index contributed by atoms with van der Waals surface area (Å²) in [7, 11) is 0. The average molecular weight is 525 g/mol. The van der Waals surface area contributed by atoms with Crippen LogP contribution < -0.4 is 0 Å². The van der Waals surface area contributed by atoms with Gasteiger partial charge in [0.05, 0.1) is 5.92 Å². The fourth-order valence-electron chi connectivity index (χ4n) is 4.50. The highest BCUT2D eigenvalue weighted by atomic mass is 16.5. The predicted molar refractivity (Wildman–Crippen MR) is 154 cm³/mol. The van der Waals surface area contributed by atoms with Crippen molar-refractivity contribution >= 4 is 17.7 Å². The van der Waals surface area contributed by atoms with E-state index in [4.69, 9.17) is 9.47 Å². The summed E-state index contributed by atoms with van der Waals surface area (Å²) in [5.74, 6) is -1.22. The summed E-state index contributed by atoms with van der Waals surface area (Å²) in [4.78, 5) is 36.0. The zero-order valence-electron chi connectivity index (χ0n) is 24.8. The van der Waals surface area contributed by atoms with Crippen LogP contribution in [0.2, 0.25) is 0 Å². The zero-order chi connectivity index (χ0) is 27.4. The van der Waals surface area contributed by atoms with Crippen LogP contribution in [0, 0.1) is 5.92 Å². The van der Waals surface area contributed by atoms with Crippen LogP contribution in [0.4, 0.5) is 0 Å². The van der Waals surface area contributed by atoms with E-state index in [2.05, 4.69) is 13.8 Å². The van der Waals surface area contributed by atoms with Crippen molar-refractivity contribution in [3.8, 4) is 0 Å². The lowest BCUT2D eigenvalue weighted by molar-refractivity contribution is -0.150. The topological polar surface area (TPSA) is 69.7 Å². The van der Waals surface area contributed by atoms with E-state index in [1.165, 1.54) is 103 Å². The molecule has 0 rings (SSSR count). The van der Waals surface area contributed by atoms with Crippen LogP contribution >= 0.6 is 0 Å². The minimum atomic E-state index is -0.571. The molecule has 0 radical (unpaired) electrons. The second-order valence-corrected chi connectivity index (χ2v) is 10.9. The number of unbranched alkanes of at least 4 members (excludes halogenated alkanes) is 19. The molecule has 0 spiro atoms. The Morgan fingerprint density at radius 1 is 0.459 bits per heavy atom. The van der Waals surface area contributed by atoms with E-state index in [1.807, 2.05) is 0 Å². The number of hydrogen-bond donors (Lipinski definition) is 0. The molecule has 0 saturated carbocycles. The first-order chi connectivity index (χ1) is 18.0. The molecule has 37 heavy (non-hydrogen) atoms. The van der Waals surface area contributed by atoms with Gasteiger partial charge in [-0.2, -0.15) is 0 Å². The molecule has 0 heterocycles. The van der Waals surface area contributed by atoms with Gasteiger partial charge >= 0.3 is 11.9 Å². The Bertz CT molecular complexity index is 545. The van der Waals surface area contributed by atoms with Crippen LogP contribution in [-0.2, 0) is 23.9 Å². The quantitative estimate of drug-likeness (QED) is 0.0753.